The Morgan fingerprint density at radius 1 is 0.941 bits per heavy atom. The quantitative estimate of drug-likeness (QED) is 0.502. The number of halogens is 1. The smallest absolute Gasteiger partial charge is 0.336 e. The molecule has 0 saturated heterocycles. The van der Waals surface area contributed by atoms with Crippen LogP contribution in [-0.2, 0) is 9.59 Å². The number of aliphatic carboxylic acids is 1. The fourth-order valence-electron chi connectivity index (χ4n) is 3.88. The van der Waals surface area contributed by atoms with E-state index in [1.165, 1.54) is 6.08 Å². The zero-order valence-electron chi connectivity index (χ0n) is 19.3. The molecule has 1 aliphatic heterocycles. The van der Waals surface area contributed by atoms with Crippen molar-refractivity contribution >= 4 is 50.5 Å². The molecule has 1 heterocycles. The summed E-state index contributed by atoms with van der Waals surface area (Å²) in [6.45, 7) is 0. The molecule has 7 nitrogen and oxygen atoms in total. The second kappa shape index (κ2) is 9.30. The second-order valence-electron chi connectivity index (χ2n) is 8.30. The van der Waals surface area contributed by atoms with Gasteiger partial charge in [0.05, 0.1) is 16.6 Å². The van der Waals surface area contributed by atoms with Crippen LogP contribution in [0.3, 0.4) is 0 Å². The number of hydrogen-bond acceptors (Lipinski definition) is 5. The normalized spacial score (nSPS) is 15.3. The van der Waals surface area contributed by atoms with E-state index in [4.69, 9.17) is 4.74 Å². The van der Waals surface area contributed by atoms with Crippen LogP contribution >= 0.6 is 15.9 Å². The summed E-state index contributed by atoms with van der Waals surface area (Å²) in [6, 6.07) is 11.7. The average Bonchev–Trinajstić information content (AvgIpc) is 2.81. The molecule has 4 rings (SSSR count). The van der Waals surface area contributed by atoms with E-state index in [-0.39, 0.29) is 16.8 Å². The topological polar surface area (TPSA) is 82.4 Å². The first-order valence-corrected chi connectivity index (χ1v) is 11.7. The van der Waals surface area contributed by atoms with E-state index in [9.17, 15) is 14.7 Å². The largest absolute Gasteiger partial charge is 0.478 e. The number of alkyl halides is 1. The number of hydrogen-bond donors (Lipinski definition) is 1. The van der Waals surface area contributed by atoms with Gasteiger partial charge in [-0.05, 0) is 42.0 Å². The van der Waals surface area contributed by atoms with Gasteiger partial charge in [-0.3, -0.25) is 4.79 Å². The summed E-state index contributed by atoms with van der Waals surface area (Å²) >= 11 is 3.08. The van der Waals surface area contributed by atoms with Gasteiger partial charge in [-0.25, -0.2) is 9.79 Å². The molecular formula is C26H24BrN3O4. The standard InChI is InChI=1S/C26H24BrN3O4/c1-29(2)16-6-9-19-22(12-16)34-23-13-17(30(3)4)7-10-20(23)25(19)18-8-5-15(28-24(31)14-27)11-21(18)26(32)33/h5-13H,14H2,1-4H3,(H,32,33). The molecule has 2 aliphatic rings. The third-order valence-corrected chi connectivity index (χ3v) is 6.07. The number of benzene rings is 2. The Hall–Kier alpha value is -3.65. The molecule has 1 N–H and O–H groups in total. The highest BCUT2D eigenvalue weighted by molar-refractivity contribution is 9.09. The van der Waals surface area contributed by atoms with Gasteiger partial charge in [-0.15, -0.1) is 0 Å². The number of carboxylic acids is 1. The highest BCUT2D eigenvalue weighted by Gasteiger charge is 2.29. The van der Waals surface area contributed by atoms with E-state index in [1.54, 1.807) is 12.2 Å². The van der Waals surface area contributed by atoms with Crippen LogP contribution in [0.5, 0.6) is 11.5 Å². The molecule has 2 aromatic rings. The number of fused-ring (bicyclic) bond motifs is 2. The first kappa shape index (κ1) is 23.5. The van der Waals surface area contributed by atoms with Gasteiger partial charge in [-0.1, -0.05) is 22.0 Å². The predicted octanol–water partition coefficient (Wildman–Crippen LogP) is 4.67. The first-order chi connectivity index (χ1) is 16.2. The Morgan fingerprint density at radius 2 is 1.50 bits per heavy atom. The maximum Gasteiger partial charge on any atom is 0.336 e. The maximum atomic E-state index is 12.3. The Morgan fingerprint density at radius 3 is 1.97 bits per heavy atom. The van der Waals surface area contributed by atoms with E-state index in [0.717, 1.165) is 28.1 Å². The van der Waals surface area contributed by atoms with Gasteiger partial charge in [-0.2, -0.15) is 0 Å². The predicted molar refractivity (Wildman–Crippen MR) is 139 cm³/mol. The van der Waals surface area contributed by atoms with Gasteiger partial charge in [0.25, 0.3) is 5.91 Å². The van der Waals surface area contributed by atoms with Gasteiger partial charge >= 0.3 is 5.97 Å². The van der Waals surface area contributed by atoms with E-state index in [0.29, 0.717) is 22.8 Å². The van der Waals surface area contributed by atoms with Crippen molar-refractivity contribution in [2.45, 2.75) is 0 Å². The highest BCUT2D eigenvalue weighted by Crippen LogP contribution is 2.48. The van der Waals surface area contributed by atoms with Crippen molar-refractivity contribution in [2.75, 3.05) is 43.3 Å². The first-order valence-electron chi connectivity index (χ1n) is 10.6. The van der Waals surface area contributed by atoms with Gasteiger partial charge in [0.15, 0.2) is 0 Å². The SMILES string of the molecule is CN(C)c1ccc2c(c1)Oc1cc(N(C)C)ccc1C2=C1C=CC(=NC(=O)CBr)C=C1C(=O)O. The molecule has 0 radical (unpaired) electrons. The average molecular weight is 522 g/mol. The summed E-state index contributed by atoms with van der Waals surface area (Å²) < 4.78 is 6.31. The van der Waals surface area contributed by atoms with Crippen LogP contribution in [0.15, 0.2) is 70.8 Å². The molecule has 0 atom stereocenters. The molecule has 2 aromatic carbocycles. The number of carbonyl (C=O) groups excluding carboxylic acids is 1. The minimum absolute atomic E-state index is 0.0609. The number of carboxylic acid groups (broad SMARTS) is 1. The molecule has 1 aliphatic carbocycles. The van der Waals surface area contributed by atoms with Crippen molar-refractivity contribution in [2.24, 2.45) is 4.99 Å². The number of nitrogens with zero attached hydrogens (tertiary/aromatic N) is 3. The molecule has 0 aromatic heterocycles. The molecule has 0 bridgehead atoms. The minimum Gasteiger partial charge on any atom is -0.478 e. The zero-order valence-corrected chi connectivity index (χ0v) is 20.9. The lowest BCUT2D eigenvalue weighted by Gasteiger charge is -2.28. The Bertz CT molecular complexity index is 1260. The molecular weight excluding hydrogens is 498 g/mol. The van der Waals surface area contributed by atoms with Crippen LogP contribution in [0.4, 0.5) is 11.4 Å². The van der Waals surface area contributed by atoms with Gasteiger partial charge in [0.1, 0.15) is 11.5 Å². The summed E-state index contributed by atoms with van der Waals surface area (Å²) in [5.41, 5.74) is 5.15. The van der Waals surface area contributed by atoms with Crippen LogP contribution in [0, 0.1) is 0 Å². The third-order valence-electron chi connectivity index (χ3n) is 5.59. The van der Waals surface area contributed by atoms with Crippen LogP contribution in [0.25, 0.3) is 5.57 Å². The Balaban J connectivity index is 1.99. The Kier molecular flexibility index (Phi) is 6.43. The molecule has 1 amide bonds. The molecule has 0 saturated carbocycles. The van der Waals surface area contributed by atoms with Crippen molar-refractivity contribution in [3.8, 4) is 11.5 Å². The van der Waals surface area contributed by atoms with Crippen LogP contribution in [-0.4, -0.2) is 56.2 Å². The second-order valence-corrected chi connectivity index (χ2v) is 8.86. The van der Waals surface area contributed by atoms with Gasteiger partial charge in [0, 0.05) is 68.4 Å². The Labute approximate surface area is 206 Å². The summed E-state index contributed by atoms with van der Waals surface area (Å²) in [5, 5.41) is 10.1. The van der Waals surface area contributed by atoms with E-state index in [1.807, 2.05) is 74.4 Å². The molecule has 8 heteroatoms. The number of anilines is 2. The lowest BCUT2D eigenvalue weighted by Crippen LogP contribution is -2.15. The number of aliphatic imine (C=N–C) groups is 1. The van der Waals surface area contributed by atoms with E-state index >= 15 is 0 Å². The number of carbonyl (C=O) groups is 2. The lowest BCUT2D eigenvalue weighted by molar-refractivity contribution is -0.132. The van der Waals surface area contributed by atoms with Crippen LogP contribution in [0.2, 0.25) is 0 Å². The maximum absolute atomic E-state index is 12.3. The van der Waals surface area contributed by atoms with Crippen molar-refractivity contribution in [3.63, 3.8) is 0 Å². The highest BCUT2D eigenvalue weighted by atomic mass is 79.9. The molecule has 34 heavy (non-hydrogen) atoms. The third kappa shape index (κ3) is 4.41. The summed E-state index contributed by atoms with van der Waals surface area (Å²) in [7, 11) is 7.80. The molecule has 0 spiro atoms. The van der Waals surface area contributed by atoms with Gasteiger partial charge in [0.2, 0.25) is 0 Å². The van der Waals surface area contributed by atoms with E-state index < -0.39 is 5.97 Å². The van der Waals surface area contributed by atoms with Crippen LogP contribution < -0.4 is 14.5 Å². The summed E-state index contributed by atoms with van der Waals surface area (Å²) in [4.78, 5) is 32.0. The van der Waals surface area contributed by atoms with Crippen molar-refractivity contribution in [1.82, 2.24) is 0 Å². The van der Waals surface area contributed by atoms with Crippen molar-refractivity contribution < 1.29 is 19.4 Å². The zero-order chi connectivity index (χ0) is 24.6. The monoisotopic (exact) mass is 521 g/mol. The van der Waals surface area contributed by atoms with Crippen LogP contribution in [0.1, 0.15) is 11.1 Å². The number of allylic oxidation sites excluding steroid dienone is 3. The van der Waals surface area contributed by atoms with Crippen molar-refractivity contribution in [1.29, 1.82) is 0 Å². The molecule has 0 fully saturated rings. The number of rotatable bonds is 4. The van der Waals surface area contributed by atoms with Gasteiger partial charge < -0.3 is 19.6 Å². The molecule has 0 unspecified atom stereocenters. The fourth-order valence-corrected chi connectivity index (χ4v) is 4.01. The summed E-state index contributed by atoms with van der Waals surface area (Å²) in [6.07, 6.45) is 4.80. The number of ether oxygens (including phenoxy) is 1. The minimum atomic E-state index is -1.10. The summed E-state index contributed by atoms with van der Waals surface area (Å²) in [5.74, 6) is -0.200. The lowest BCUT2D eigenvalue weighted by atomic mass is 9.84. The van der Waals surface area contributed by atoms with Crippen molar-refractivity contribution in [3.05, 3.63) is 76.9 Å². The molecule has 174 valence electrons. The fraction of sp³-hybridized carbons (Fsp3) is 0.192. The van der Waals surface area contributed by atoms with E-state index in [2.05, 4.69) is 20.9 Å². The number of amides is 1.